The normalized spacial score (nSPS) is 18.4. The second-order valence-corrected chi connectivity index (χ2v) is 7.06. The molecule has 3 rings (SSSR count). The van der Waals surface area contributed by atoms with E-state index < -0.39 is 23.7 Å². The highest BCUT2D eigenvalue weighted by Crippen LogP contribution is 2.28. The molecule has 0 spiro atoms. The number of nitrogens with one attached hydrogen (secondary N) is 1. The first-order valence-electron chi connectivity index (χ1n) is 8.07. The van der Waals surface area contributed by atoms with Crippen LogP contribution in [0.25, 0.3) is 5.65 Å². The molecule has 1 saturated heterocycles. The summed E-state index contributed by atoms with van der Waals surface area (Å²) in [5, 5.41) is 13.4. The van der Waals surface area contributed by atoms with Crippen molar-refractivity contribution in [2.75, 3.05) is 18.0 Å². The van der Waals surface area contributed by atoms with Crippen LogP contribution < -0.4 is 10.2 Å². The van der Waals surface area contributed by atoms with E-state index in [2.05, 4.69) is 20.6 Å². The van der Waals surface area contributed by atoms with E-state index in [0.29, 0.717) is 29.8 Å². The Bertz CT molecular complexity index is 814. The van der Waals surface area contributed by atoms with E-state index in [1.165, 1.54) is 6.07 Å². The van der Waals surface area contributed by atoms with Gasteiger partial charge in [0.1, 0.15) is 11.4 Å². The van der Waals surface area contributed by atoms with Crippen molar-refractivity contribution in [1.82, 2.24) is 25.1 Å². The van der Waals surface area contributed by atoms with Gasteiger partial charge in [0, 0.05) is 13.1 Å². The smallest absolute Gasteiger partial charge is 0.444 e. The number of amides is 1. The third-order valence-corrected chi connectivity index (χ3v) is 3.74. The zero-order valence-corrected chi connectivity index (χ0v) is 14.5. The molecule has 1 aliphatic rings. The van der Waals surface area contributed by atoms with Gasteiger partial charge in [-0.2, -0.15) is 17.7 Å². The second kappa shape index (κ2) is 6.29. The minimum atomic E-state index is -4.64. The number of hydrogen-bond acceptors (Lipinski definition) is 6. The Labute approximate surface area is 147 Å². The summed E-state index contributed by atoms with van der Waals surface area (Å²) in [4.78, 5) is 13.6. The van der Waals surface area contributed by atoms with Crippen molar-refractivity contribution in [2.45, 2.75) is 45.0 Å². The van der Waals surface area contributed by atoms with E-state index in [4.69, 9.17) is 4.74 Å². The zero-order chi connectivity index (χ0) is 19.1. The molecular formula is C15H19F3N6O2. The summed E-state index contributed by atoms with van der Waals surface area (Å²) >= 11 is 0. The Balaban J connectivity index is 1.72. The summed E-state index contributed by atoms with van der Waals surface area (Å²) in [5.74, 6) is -0.812. The molecule has 0 saturated carbocycles. The van der Waals surface area contributed by atoms with Crippen molar-refractivity contribution >= 4 is 17.6 Å². The van der Waals surface area contributed by atoms with Crippen LogP contribution in [0, 0.1) is 0 Å². The zero-order valence-electron chi connectivity index (χ0n) is 14.5. The Morgan fingerprint density at radius 2 is 2.00 bits per heavy atom. The Hall–Kier alpha value is -2.59. The molecular weight excluding hydrogens is 353 g/mol. The van der Waals surface area contributed by atoms with Gasteiger partial charge in [-0.15, -0.1) is 15.3 Å². The van der Waals surface area contributed by atoms with Crippen molar-refractivity contribution in [3.05, 3.63) is 18.0 Å². The van der Waals surface area contributed by atoms with Gasteiger partial charge in [0.2, 0.25) is 0 Å². The van der Waals surface area contributed by atoms with E-state index in [-0.39, 0.29) is 11.7 Å². The maximum absolute atomic E-state index is 13.0. The molecule has 1 amide bonds. The molecule has 1 aliphatic heterocycles. The molecule has 1 atom stereocenters. The number of hydrogen-bond donors (Lipinski definition) is 1. The molecule has 2 aromatic heterocycles. The fourth-order valence-corrected chi connectivity index (χ4v) is 2.69. The van der Waals surface area contributed by atoms with Crippen LogP contribution in [-0.4, -0.2) is 50.6 Å². The molecule has 0 aromatic carbocycles. The average Bonchev–Trinajstić information content (AvgIpc) is 3.09. The highest BCUT2D eigenvalue weighted by molar-refractivity contribution is 5.68. The van der Waals surface area contributed by atoms with Crippen LogP contribution in [0.5, 0.6) is 0 Å². The number of nitrogens with zero attached hydrogens (tertiary/aromatic N) is 5. The monoisotopic (exact) mass is 372 g/mol. The van der Waals surface area contributed by atoms with Gasteiger partial charge in [-0.3, -0.25) is 0 Å². The average molecular weight is 372 g/mol. The minimum absolute atomic E-state index is 0.0173. The third-order valence-electron chi connectivity index (χ3n) is 3.74. The van der Waals surface area contributed by atoms with Gasteiger partial charge in [-0.05, 0) is 39.3 Å². The molecule has 1 N–H and O–H groups in total. The van der Waals surface area contributed by atoms with Crippen LogP contribution in [0.1, 0.15) is 33.0 Å². The minimum Gasteiger partial charge on any atom is -0.444 e. The molecule has 8 nitrogen and oxygen atoms in total. The van der Waals surface area contributed by atoms with Gasteiger partial charge in [0.25, 0.3) is 5.82 Å². The molecule has 2 aromatic rings. The summed E-state index contributed by atoms with van der Waals surface area (Å²) in [7, 11) is 0. The lowest BCUT2D eigenvalue weighted by Gasteiger charge is -2.22. The van der Waals surface area contributed by atoms with Crippen LogP contribution in [0.3, 0.4) is 0 Å². The quantitative estimate of drug-likeness (QED) is 0.870. The first-order valence-corrected chi connectivity index (χ1v) is 8.07. The van der Waals surface area contributed by atoms with Crippen LogP contribution in [0.4, 0.5) is 23.8 Å². The van der Waals surface area contributed by atoms with Gasteiger partial charge >= 0.3 is 12.3 Å². The maximum atomic E-state index is 13.0. The summed E-state index contributed by atoms with van der Waals surface area (Å²) in [6.07, 6.45) is -4.53. The van der Waals surface area contributed by atoms with Gasteiger partial charge in [0.15, 0.2) is 5.65 Å². The number of halogens is 3. The highest BCUT2D eigenvalue weighted by atomic mass is 19.4. The lowest BCUT2D eigenvalue weighted by atomic mass is 10.2. The van der Waals surface area contributed by atoms with Gasteiger partial charge < -0.3 is 15.0 Å². The third kappa shape index (κ3) is 3.97. The second-order valence-electron chi connectivity index (χ2n) is 7.06. The summed E-state index contributed by atoms with van der Waals surface area (Å²) in [6, 6.07) is 2.84. The fourth-order valence-electron chi connectivity index (χ4n) is 2.69. The van der Waals surface area contributed by atoms with Crippen LogP contribution in [0.2, 0.25) is 0 Å². The number of alkyl carbamates (subject to hydrolysis) is 1. The molecule has 0 unspecified atom stereocenters. The Kier molecular flexibility index (Phi) is 4.41. The fraction of sp³-hybridized carbons (Fsp3) is 0.600. The molecule has 11 heteroatoms. The highest BCUT2D eigenvalue weighted by Gasteiger charge is 2.38. The SMILES string of the molecule is CC(C)(C)OC(=O)N[C@H]1CCN(c2ccc3nnc(C(F)(F)F)n3n2)C1. The van der Waals surface area contributed by atoms with Gasteiger partial charge in [-0.1, -0.05) is 0 Å². The van der Waals surface area contributed by atoms with E-state index in [9.17, 15) is 18.0 Å². The predicted octanol–water partition coefficient (Wildman–Crippen LogP) is 2.25. The number of anilines is 1. The lowest BCUT2D eigenvalue weighted by molar-refractivity contribution is -0.146. The number of rotatable bonds is 2. The number of alkyl halides is 3. The first kappa shape index (κ1) is 18.2. The summed E-state index contributed by atoms with van der Waals surface area (Å²) in [6.45, 7) is 6.27. The summed E-state index contributed by atoms with van der Waals surface area (Å²) < 4.78 is 44.8. The van der Waals surface area contributed by atoms with E-state index in [0.717, 1.165) is 0 Å². The molecule has 142 valence electrons. The van der Waals surface area contributed by atoms with Crippen LogP contribution in [-0.2, 0) is 10.9 Å². The number of carbonyl (C=O) groups is 1. The van der Waals surface area contributed by atoms with E-state index in [1.54, 1.807) is 31.7 Å². The molecule has 26 heavy (non-hydrogen) atoms. The molecule has 0 radical (unpaired) electrons. The van der Waals surface area contributed by atoms with Gasteiger partial charge in [-0.25, -0.2) is 4.79 Å². The van der Waals surface area contributed by atoms with Crippen LogP contribution in [0.15, 0.2) is 12.1 Å². The Morgan fingerprint density at radius 3 is 2.65 bits per heavy atom. The largest absolute Gasteiger partial charge is 0.453 e. The van der Waals surface area contributed by atoms with Crippen molar-refractivity contribution < 1.29 is 22.7 Å². The van der Waals surface area contributed by atoms with Crippen molar-refractivity contribution in [1.29, 1.82) is 0 Å². The topological polar surface area (TPSA) is 84.6 Å². The number of carbonyl (C=O) groups excluding carboxylic acids is 1. The van der Waals surface area contributed by atoms with Gasteiger partial charge in [0.05, 0.1) is 6.04 Å². The number of ether oxygens (including phenoxy) is 1. The standard InChI is InChI=1S/C15H19F3N6O2/c1-14(2,3)26-13(25)19-9-6-7-23(8-9)11-5-4-10-20-21-12(15(16,17)18)24(10)22-11/h4-5,9H,6-8H2,1-3H3,(H,19,25)/t9-/m0/s1. The van der Waals surface area contributed by atoms with Crippen molar-refractivity contribution in [3.8, 4) is 0 Å². The molecule has 3 heterocycles. The molecule has 1 fully saturated rings. The lowest BCUT2D eigenvalue weighted by Crippen LogP contribution is -2.40. The first-order chi connectivity index (χ1) is 12.0. The molecule has 0 aliphatic carbocycles. The van der Waals surface area contributed by atoms with E-state index >= 15 is 0 Å². The van der Waals surface area contributed by atoms with E-state index in [1.807, 2.05) is 0 Å². The Morgan fingerprint density at radius 1 is 1.27 bits per heavy atom. The van der Waals surface area contributed by atoms with Crippen molar-refractivity contribution in [2.24, 2.45) is 0 Å². The summed E-state index contributed by atoms with van der Waals surface area (Å²) in [5.41, 5.74) is -0.582. The molecule has 0 bridgehead atoms. The predicted molar refractivity (Wildman–Crippen MR) is 85.8 cm³/mol. The number of fused-ring (bicyclic) bond motifs is 1. The van der Waals surface area contributed by atoms with Crippen LogP contribution >= 0.6 is 0 Å². The van der Waals surface area contributed by atoms with Crippen molar-refractivity contribution in [3.63, 3.8) is 0 Å². The number of aromatic nitrogens is 4. The maximum Gasteiger partial charge on any atom is 0.453 e.